The van der Waals surface area contributed by atoms with Gasteiger partial charge in [0, 0.05) is 22.2 Å². The summed E-state index contributed by atoms with van der Waals surface area (Å²) < 4.78 is 12.4. The van der Waals surface area contributed by atoms with Gasteiger partial charge >= 0.3 is 5.97 Å². The van der Waals surface area contributed by atoms with Crippen LogP contribution in [0.15, 0.2) is 48.5 Å². The summed E-state index contributed by atoms with van der Waals surface area (Å²) in [5, 5.41) is 11.0. The molecule has 2 atom stereocenters. The van der Waals surface area contributed by atoms with Gasteiger partial charge in [0.1, 0.15) is 5.25 Å². The lowest BCUT2D eigenvalue weighted by Gasteiger charge is -2.13. The fourth-order valence-electron chi connectivity index (χ4n) is 2.22. The van der Waals surface area contributed by atoms with Crippen molar-refractivity contribution < 1.29 is 18.9 Å². The molecule has 2 aromatic carbocycles. The first kappa shape index (κ1) is 18.9. The zero-order valence-corrected chi connectivity index (χ0v) is 15.0. The van der Waals surface area contributed by atoms with Crippen LogP contribution in [0.25, 0.3) is 0 Å². The molecule has 0 aliphatic rings. The van der Waals surface area contributed by atoms with Gasteiger partial charge in [0.25, 0.3) is 0 Å². The number of rotatable bonds is 7. The highest BCUT2D eigenvalue weighted by molar-refractivity contribution is 7.85. The van der Waals surface area contributed by atoms with Crippen molar-refractivity contribution in [3.63, 3.8) is 0 Å². The van der Waals surface area contributed by atoms with Gasteiger partial charge in [-0.05, 0) is 48.7 Å². The van der Waals surface area contributed by atoms with E-state index in [0.717, 1.165) is 12.0 Å². The molecule has 0 aromatic heterocycles. The predicted octanol–water partition coefficient (Wildman–Crippen LogP) is 3.22. The van der Waals surface area contributed by atoms with Crippen molar-refractivity contribution in [3.05, 3.63) is 65.2 Å². The fourth-order valence-corrected chi connectivity index (χ4v) is 3.29. The first-order valence-corrected chi connectivity index (χ1v) is 9.38. The summed E-state index contributed by atoms with van der Waals surface area (Å²) in [6.07, 6.45) is 0.926. The number of carbonyl (C=O) groups excluding carboxylic acids is 1. The van der Waals surface area contributed by atoms with E-state index in [0.29, 0.717) is 5.69 Å². The van der Waals surface area contributed by atoms with Crippen LogP contribution in [-0.2, 0) is 27.8 Å². The second kappa shape index (κ2) is 8.58. The Morgan fingerprint density at radius 1 is 1.04 bits per heavy atom. The number of benzene rings is 2. The Labute approximate surface area is 149 Å². The van der Waals surface area contributed by atoms with Gasteiger partial charge < -0.3 is 10.4 Å². The molecule has 0 saturated carbocycles. The first-order chi connectivity index (χ1) is 11.9. The zero-order chi connectivity index (χ0) is 18.4. The fraction of sp³-hybridized carbons (Fsp3) is 0.263. The minimum absolute atomic E-state index is 0.177. The van der Waals surface area contributed by atoms with Crippen molar-refractivity contribution in [2.45, 2.75) is 31.3 Å². The van der Waals surface area contributed by atoms with Gasteiger partial charge in [-0.2, -0.15) is 0 Å². The lowest BCUT2D eigenvalue weighted by atomic mass is 10.1. The van der Waals surface area contributed by atoms with Crippen LogP contribution in [0.1, 0.15) is 35.3 Å². The second-order valence-electron chi connectivity index (χ2n) is 5.71. The van der Waals surface area contributed by atoms with E-state index in [2.05, 4.69) is 12.2 Å². The molecule has 2 unspecified atom stereocenters. The maximum Gasteiger partial charge on any atom is 0.335 e. The third kappa shape index (κ3) is 5.26. The van der Waals surface area contributed by atoms with Crippen LogP contribution in [0.3, 0.4) is 0 Å². The maximum absolute atomic E-state index is 12.4. The van der Waals surface area contributed by atoms with Crippen LogP contribution in [0.5, 0.6) is 0 Å². The molecule has 0 fully saturated rings. The maximum atomic E-state index is 12.4. The number of carboxylic acids is 1. The van der Waals surface area contributed by atoms with E-state index in [-0.39, 0.29) is 17.2 Å². The molecule has 5 nitrogen and oxygen atoms in total. The highest BCUT2D eigenvalue weighted by Gasteiger charge is 2.20. The van der Waals surface area contributed by atoms with Crippen molar-refractivity contribution in [1.29, 1.82) is 0 Å². The van der Waals surface area contributed by atoms with Crippen LogP contribution in [0.2, 0.25) is 0 Å². The van der Waals surface area contributed by atoms with Gasteiger partial charge in [-0.15, -0.1) is 0 Å². The van der Waals surface area contributed by atoms with Gasteiger partial charge in [0.2, 0.25) is 5.91 Å². The molecule has 0 heterocycles. The van der Waals surface area contributed by atoms with Crippen LogP contribution in [-0.4, -0.2) is 26.4 Å². The Bertz CT molecular complexity index is 769. The van der Waals surface area contributed by atoms with Crippen LogP contribution >= 0.6 is 0 Å². The first-order valence-electron chi connectivity index (χ1n) is 8.00. The Morgan fingerprint density at radius 3 is 2.12 bits per heavy atom. The molecule has 2 aromatic rings. The normalized spacial score (nSPS) is 13.0. The lowest BCUT2D eigenvalue weighted by Crippen LogP contribution is -2.29. The van der Waals surface area contributed by atoms with Crippen LogP contribution in [0, 0.1) is 0 Å². The molecule has 1 amide bonds. The number of amides is 1. The number of hydrogen-bond acceptors (Lipinski definition) is 3. The number of aryl methyl sites for hydroxylation is 1. The van der Waals surface area contributed by atoms with E-state index >= 15 is 0 Å². The highest BCUT2D eigenvalue weighted by atomic mass is 32.2. The lowest BCUT2D eigenvalue weighted by molar-refractivity contribution is -0.115. The summed E-state index contributed by atoms with van der Waals surface area (Å²) in [5.41, 5.74) is 2.77. The van der Waals surface area contributed by atoms with Crippen molar-refractivity contribution in [2.75, 3.05) is 5.32 Å². The summed E-state index contributed by atoms with van der Waals surface area (Å²) in [7, 11) is -1.40. The molecular formula is C19H21NO4S. The SMILES string of the molecule is CCc1ccc(NC(=O)C(C)S(=O)Cc2ccc(C(=O)O)cc2)cc1. The van der Waals surface area contributed by atoms with E-state index in [1.165, 1.54) is 17.7 Å². The summed E-state index contributed by atoms with van der Waals surface area (Å²) in [6.45, 7) is 3.68. The zero-order valence-electron chi connectivity index (χ0n) is 14.2. The second-order valence-corrected chi connectivity index (χ2v) is 7.47. The minimum atomic E-state index is -1.40. The van der Waals surface area contributed by atoms with E-state index in [9.17, 15) is 13.8 Å². The summed E-state index contributed by atoms with van der Waals surface area (Å²) in [5.74, 6) is -1.11. The molecule has 2 rings (SSSR count). The van der Waals surface area contributed by atoms with Crippen LogP contribution in [0.4, 0.5) is 5.69 Å². The number of hydrogen-bond donors (Lipinski definition) is 2. The standard InChI is InChI=1S/C19H21NO4S/c1-3-14-6-10-17(11-7-14)20-18(21)13(2)25(24)12-15-4-8-16(9-5-15)19(22)23/h4-11,13H,3,12H2,1-2H3,(H,20,21)(H,22,23). The van der Waals surface area contributed by atoms with Gasteiger partial charge in [0.05, 0.1) is 5.56 Å². The monoisotopic (exact) mass is 359 g/mol. The molecule has 0 bridgehead atoms. The molecule has 0 spiro atoms. The minimum Gasteiger partial charge on any atom is -0.478 e. The van der Waals surface area contributed by atoms with Crippen molar-refractivity contribution >= 4 is 28.4 Å². The third-order valence-corrected chi connectivity index (χ3v) is 5.52. The smallest absolute Gasteiger partial charge is 0.335 e. The highest BCUT2D eigenvalue weighted by Crippen LogP contribution is 2.13. The van der Waals surface area contributed by atoms with Gasteiger partial charge in [-0.25, -0.2) is 4.79 Å². The average molecular weight is 359 g/mol. The number of carboxylic acid groups (broad SMARTS) is 1. The van der Waals surface area contributed by atoms with Crippen molar-refractivity contribution in [1.82, 2.24) is 0 Å². The number of aromatic carboxylic acids is 1. The topological polar surface area (TPSA) is 83.5 Å². The Balaban J connectivity index is 1.95. The molecule has 0 saturated heterocycles. The van der Waals surface area contributed by atoms with E-state index in [4.69, 9.17) is 5.11 Å². The molecule has 25 heavy (non-hydrogen) atoms. The summed E-state index contributed by atoms with van der Waals surface area (Å²) in [4.78, 5) is 23.1. The molecule has 2 N–H and O–H groups in total. The van der Waals surface area contributed by atoms with Gasteiger partial charge in [0.15, 0.2) is 0 Å². The molecule has 132 valence electrons. The molecule has 0 radical (unpaired) electrons. The van der Waals surface area contributed by atoms with E-state index < -0.39 is 22.0 Å². The summed E-state index contributed by atoms with van der Waals surface area (Å²) >= 11 is 0. The van der Waals surface area contributed by atoms with Crippen molar-refractivity contribution in [3.8, 4) is 0 Å². The molecule has 6 heteroatoms. The van der Waals surface area contributed by atoms with Gasteiger partial charge in [-0.3, -0.25) is 9.00 Å². The quantitative estimate of drug-likeness (QED) is 0.795. The van der Waals surface area contributed by atoms with E-state index in [1.807, 2.05) is 24.3 Å². The number of carbonyl (C=O) groups is 2. The largest absolute Gasteiger partial charge is 0.478 e. The third-order valence-electron chi connectivity index (χ3n) is 3.90. The Morgan fingerprint density at radius 2 is 1.60 bits per heavy atom. The number of anilines is 1. The van der Waals surface area contributed by atoms with Crippen molar-refractivity contribution in [2.24, 2.45) is 0 Å². The predicted molar refractivity (Wildman–Crippen MR) is 99.2 cm³/mol. The molecule has 0 aliphatic heterocycles. The summed E-state index contributed by atoms with van der Waals surface area (Å²) in [6, 6.07) is 13.7. The van der Waals surface area contributed by atoms with Gasteiger partial charge in [-0.1, -0.05) is 31.2 Å². The molecule has 0 aliphatic carbocycles. The Kier molecular flexibility index (Phi) is 6.47. The average Bonchev–Trinajstić information content (AvgIpc) is 2.62. The number of nitrogens with one attached hydrogen (secondary N) is 1. The Hall–Kier alpha value is -2.47. The molecular weight excluding hydrogens is 338 g/mol. The van der Waals surface area contributed by atoms with Crippen LogP contribution < -0.4 is 5.32 Å². The van der Waals surface area contributed by atoms with E-state index in [1.54, 1.807) is 19.1 Å².